The van der Waals surface area contributed by atoms with E-state index in [1.807, 2.05) is 13.8 Å². The fraction of sp³-hybridized carbons (Fsp3) is 0.167. The molecular weight excluding hydrogens is 316 g/mol. The quantitative estimate of drug-likeness (QED) is 0.577. The number of hydrogen-bond donors (Lipinski definition) is 0. The van der Waals surface area contributed by atoms with E-state index in [9.17, 15) is 0 Å². The average Bonchev–Trinajstić information content (AvgIpc) is 2.57. The first-order chi connectivity index (χ1) is 12.5. The van der Waals surface area contributed by atoms with Crippen LogP contribution in [0.3, 0.4) is 0 Å². The third kappa shape index (κ3) is 5.00. The fourth-order valence-electron chi connectivity index (χ4n) is 3.00. The number of pyridine rings is 2. The second-order valence-corrected chi connectivity index (χ2v) is 6.75. The maximum absolute atomic E-state index is 4.54. The van der Waals surface area contributed by atoms with Crippen molar-refractivity contribution in [2.75, 3.05) is 0 Å². The van der Waals surface area contributed by atoms with Crippen LogP contribution in [0.4, 0.5) is 0 Å². The molecule has 0 unspecified atom stereocenters. The first kappa shape index (κ1) is 17.8. The molecule has 2 heteroatoms. The van der Waals surface area contributed by atoms with E-state index in [4.69, 9.17) is 0 Å². The molecule has 2 heterocycles. The monoisotopic (exact) mass is 340 g/mol. The predicted octanol–water partition coefficient (Wildman–Crippen LogP) is 6.05. The summed E-state index contributed by atoms with van der Waals surface area (Å²) in [6.07, 6.45) is 8.31. The summed E-state index contributed by atoms with van der Waals surface area (Å²) in [5.74, 6) is 0. The molecule has 0 aliphatic heterocycles. The molecule has 130 valence electrons. The van der Waals surface area contributed by atoms with Crippen LogP contribution in [0, 0.1) is 27.7 Å². The summed E-state index contributed by atoms with van der Waals surface area (Å²) in [4.78, 5) is 9.08. The Labute approximate surface area is 156 Å². The lowest BCUT2D eigenvalue weighted by Gasteiger charge is -2.00. The van der Waals surface area contributed by atoms with Crippen LogP contribution in [0.25, 0.3) is 24.3 Å². The molecule has 0 amide bonds. The van der Waals surface area contributed by atoms with E-state index in [-0.39, 0.29) is 0 Å². The van der Waals surface area contributed by atoms with E-state index in [1.165, 1.54) is 11.1 Å². The van der Waals surface area contributed by atoms with Crippen molar-refractivity contribution in [2.24, 2.45) is 0 Å². The third-order valence-corrected chi connectivity index (χ3v) is 4.06. The zero-order chi connectivity index (χ0) is 18.5. The molecule has 0 radical (unpaired) electrons. The predicted molar refractivity (Wildman–Crippen MR) is 112 cm³/mol. The van der Waals surface area contributed by atoms with E-state index in [0.717, 1.165) is 33.9 Å². The summed E-state index contributed by atoms with van der Waals surface area (Å²) >= 11 is 0. The highest BCUT2D eigenvalue weighted by Gasteiger charge is 1.96. The number of aromatic nitrogens is 2. The Morgan fingerprint density at radius 3 is 1.27 bits per heavy atom. The van der Waals surface area contributed by atoms with Gasteiger partial charge in [-0.3, -0.25) is 9.97 Å². The Bertz CT molecular complexity index is 843. The van der Waals surface area contributed by atoms with E-state index in [1.54, 1.807) is 0 Å². The van der Waals surface area contributed by atoms with Gasteiger partial charge in [0, 0.05) is 11.4 Å². The largest absolute Gasteiger partial charge is 0.254 e. The minimum atomic E-state index is 0.993. The Kier molecular flexibility index (Phi) is 5.43. The van der Waals surface area contributed by atoms with Gasteiger partial charge in [0.25, 0.3) is 0 Å². The van der Waals surface area contributed by atoms with Gasteiger partial charge in [0.2, 0.25) is 0 Å². The molecule has 0 aliphatic carbocycles. The standard InChI is InChI=1S/C24H24N2/c1-17-13-19(3)25-23(15-17)11-9-21-5-7-22(8-6-21)10-12-24-16-18(2)14-20(4)26-24/h5-16H,1-4H3/b11-9-,12-10+. The van der Waals surface area contributed by atoms with E-state index >= 15 is 0 Å². The van der Waals surface area contributed by atoms with Crippen molar-refractivity contribution < 1.29 is 0 Å². The molecule has 0 saturated carbocycles. The van der Waals surface area contributed by atoms with Crippen molar-refractivity contribution in [2.45, 2.75) is 27.7 Å². The normalized spacial score (nSPS) is 11.5. The summed E-state index contributed by atoms with van der Waals surface area (Å²) in [7, 11) is 0. The minimum Gasteiger partial charge on any atom is -0.254 e. The summed E-state index contributed by atoms with van der Waals surface area (Å²) in [5.41, 5.74) is 8.87. The van der Waals surface area contributed by atoms with Crippen molar-refractivity contribution in [3.8, 4) is 0 Å². The van der Waals surface area contributed by atoms with Crippen LogP contribution in [0.2, 0.25) is 0 Å². The molecule has 0 saturated heterocycles. The smallest absolute Gasteiger partial charge is 0.0635 e. The molecule has 26 heavy (non-hydrogen) atoms. The second-order valence-electron chi connectivity index (χ2n) is 6.75. The average molecular weight is 340 g/mol. The number of nitrogens with zero attached hydrogens (tertiary/aromatic N) is 2. The van der Waals surface area contributed by atoms with E-state index < -0.39 is 0 Å². The fourth-order valence-corrected chi connectivity index (χ4v) is 3.00. The van der Waals surface area contributed by atoms with Crippen LogP contribution < -0.4 is 0 Å². The molecule has 0 fully saturated rings. The second kappa shape index (κ2) is 7.92. The van der Waals surface area contributed by atoms with Gasteiger partial charge < -0.3 is 0 Å². The maximum Gasteiger partial charge on any atom is 0.0635 e. The highest BCUT2D eigenvalue weighted by atomic mass is 14.7. The highest BCUT2D eigenvalue weighted by Crippen LogP contribution is 2.13. The lowest BCUT2D eigenvalue weighted by Crippen LogP contribution is -1.87. The molecule has 0 N–H and O–H groups in total. The Morgan fingerprint density at radius 2 is 0.923 bits per heavy atom. The van der Waals surface area contributed by atoms with Crippen LogP contribution >= 0.6 is 0 Å². The third-order valence-electron chi connectivity index (χ3n) is 4.06. The molecule has 1 aromatic carbocycles. The van der Waals surface area contributed by atoms with Crippen LogP contribution in [-0.4, -0.2) is 9.97 Å². The molecule has 0 bridgehead atoms. The zero-order valence-corrected chi connectivity index (χ0v) is 15.8. The van der Waals surface area contributed by atoms with Gasteiger partial charge >= 0.3 is 0 Å². The van der Waals surface area contributed by atoms with Crippen LogP contribution in [-0.2, 0) is 0 Å². The molecule has 3 rings (SSSR count). The molecule has 0 spiro atoms. The van der Waals surface area contributed by atoms with Gasteiger partial charge in [-0.15, -0.1) is 0 Å². The SMILES string of the molecule is Cc1cc(C)nc(/C=C\c2ccc(/C=C/c3cc(C)cc(C)n3)cc2)c1. The van der Waals surface area contributed by atoms with Crippen molar-refractivity contribution in [1.82, 2.24) is 9.97 Å². The minimum absolute atomic E-state index is 0.993. The van der Waals surface area contributed by atoms with Gasteiger partial charge in [-0.25, -0.2) is 0 Å². The Balaban J connectivity index is 1.71. The van der Waals surface area contributed by atoms with Crippen LogP contribution in [0.15, 0.2) is 48.5 Å². The van der Waals surface area contributed by atoms with Gasteiger partial charge in [0.1, 0.15) is 0 Å². The van der Waals surface area contributed by atoms with Gasteiger partial charge in [0.05, 0.1) is 11.4 Å². The van der Waals surface area contributed by atoms with Crippen LogP contribution in [0.5, 0.6) is 0 Å². The van der Waals surface area contributed by atoms with Crippen molar-refractivity contribution in [1.29, 1.82) is 0 Å². The summed E-state index contributed by atoms with van der Waals surface area (Å²) in [5, 5.41) is 0. The van der Waals surface area contributed by atoms with E-state index in [0.29, 0.717) is 0 Å². The lowest BCUT2D eigenvalue weighted by molar-refractivity contribution is 1.16. The lowest BCUT2D eigenvalue weighted by atomic mass is 10.1. The van der Waals surface area contributed by atoms with E-state index in [2.05, 4.69) is 96.7 Å². The number of aryl methyl sites for hydroxylation is 4. The van der Waals surface area contributed by atoms with Gasteiger partial charge in [-0.2, -0.15) is 0 Å². The summed E-state index contributed by atoms with van der Waals surface area (Å²) in [6.45, 7) is 8.24. The van der Waals surface area contributed by atoms with Gasteiger partial charge in [-0.1, -0.05) is 36.4 Å². The Morgan fingerprint density at radius 1 is 0.538 bits per heavy atom. The molecular formula is C24H24N2. The first-order valence-corrected chi connectivity index (χ1v) is 8.85. The van der Waals surface area contributed by atoms with Crippen LogP contribution in [0.1, 0.15) is 45.0 Å². The first-order valence-electron chi connectivity index (χ1n) is 8.85. The van der Waals surface area contributed by atoms with Gasteiger partial charge in [-0.05, 0) is 86.4 Å². The topological polar surface area (TPSA) is 25.8 Å². The number of rotatable bonds is 4. The van der Waals surface area contributed by atoms with Gasteiger partial charge in [0.15, 0.2) is 0 Å². The summed E-state index contributed by atoms with van der Waals surface area (Å²) < 4.78 is 0. The number of hydrogen-bond acceptors (Lipinski definition) is 2. The van der Waals surface area contributed by atoms with Crippen molar-refractivity contribution in [3.05, 3.63) is 93.6 Å². The zero-order valence-electron chi connectivity index (χ0n) is 15.8. The molecule has 2 nitrogen and oxygen atoms in total. The Hall–Kier alpha value is -3.00. The molecule has 2 aromatic heterocycles. The maximum atomic E-state index is 4.54. The highest BCUT2D eigenvalue weighted by molar-refractivity contribution is 5.71. The summed E-state index contributed by atoms with van der Waals surface area (Å²) in [6, 6.07) is 16.8. The number of benzene rings is 1. The molecule has 3 aromatic rings. The molecule has 0 aliphatic rings. The van der Waals surface area contributed by atoms with Crippen molar-refractivity contribution >= 4 is 24.3 Å². The van der Waals surface area contributed by atoms with Crippen molar-refractivity contribution in [3.63, 3.8) is 0 Å². The molecule has 0 atom stereocenters.